The quantitative estimate of drug-likeness (QED) is 0.339. The highest BCUT2D eigenvalue weighted by Gasteiger charge is 2.23. The van der Waals surface area contributed by atoms with E-state index in [0.29, 0.717) is 17.4 Å². The van der Waals surface area contributed by atoms with Crippen LogP contribution in [0.2, 0.25) is 0 Å². The normalized spacial score (nSPS) is 14.0. The fraction of sp³-hybridized carbons (Fsp3) is 0.233. The molecule has 2 heterocycles. The van der Waals surface area contributed by atoms with Crippen LogP contribution in [0.1, 0.15) is 34.3 Å². The minimum atomic E-state index is 0.0927. The third-order valence-corrected chi connectivity index (χ3v) is 6.96. The number of rotatable bonds is 6. The summed E-state index contributed by atoms with van der Waals surface area (Å²) in [6.07, 6.45) is 4.90. The number of hydrogen-bond donors (Lipinski definition) is 2. The van der Waals surface area contributed by atoms with Crippen LogP contribution < -0.4 is 11.1 Å². The van der Waals surface area contributed by atoms with Crippen molar-refractivity contribution in [3.05, 3.63) is 102 Å². The number of nitrogens with zero attached hydrogens (tertiary/aromatic N) is 3. The molecule has 0 spiro atoms. The van der Waals surface area contributed by atoms with Gasteiger partial charge in [0.25, 0.3) is 5.91 Å². The monoisotopic (exact) mass is 477 g/mol. The van der Waals surface area contributed by atoms with Crippen LogP contribution in [0.4, 0.5) is 17.3 Å². The van der Waals surface area contributed by atoms with E-state index in [1.807, 2.05) is 60.4 Å². The number of benzene rings is 3. The Balaban J connectivity index is 1.19. The Bertz CT molecular complexity index is 1330. The van der Waals surface area contributed by atoms with Gasteiger partial charge in [-0.05, 0) is 79.6 Å². The highest BCUT2D eigenvalue weighted by molar-refractivity contribution is 5.94. The Kier molecular flexibility index (Phi) is 6.94. The number of carbonyl (C=O) groups excluding carboxylic acids is 1. The highest BCUT2D eigenvalue weighted by Crippen LogP contribution is 2.27. The summed E-state index contributed by atoms with van der Waals surface area (Å²) < 4.78 is 0. The molecular formula is C30H31N5O. The zero-order valence-corrected chi connectivity index (χ0v) is 20.5. The van der Waals surface area contributed by atoms with E-state index >= 15 is 0 Å². The van der Waals surface area contributed by atoms with Gasteiger partial charge in [-0.25, -0.2) is 9.97 Å². The Morgan fingerprint density at radius 2 is 1.72 bits per heavy atom. The number of nitrogens with one attached hydrogen (secondary N) is 1. The SMILES string of the molecule is Cc1c(N)cccc1-c1ccnc(Nc2ccc(C(=O)N3CCC(Cc4ccccc4)CC3)cc2)n1. The van der Waals surface area contributed by atoms with Gasteiger partial charge in [-0.2, -0.15) is 0 Å². The van der Waals surface area contributed by atoms with Gasteiger partial charge in [0.1, 0.15) is 0 Å². The molecule has 0 bridgehead atoms. The summed E-state index contributed by atoms with van der Waals surface area (Å²) in [7, 11) is 0. The molecule has 1 fully saturated rings. The number of piperidine rings is 1. The lowest BCUT2D eigenvalue weighted by Gasteiger charge is -2.32. The van der Waals surface area contributed by atoms with Gasteiger partial charge in [-0.3, -0.25) is 4.79 Å². The molecule has 1 aliphatic rings. The number of nitrogen functional groups attached to an aromatic ring is 1. The summed E-state index contributed by atoms with van der Waals surface area (Å²) in [5.74, 6) is 1.22. The lowest BCUT2D eigenvalue weighted by atomic mass is 9.90. The van der Waals surface area contributed by atoms with E-state index in [-0.39, 0.29) is 5.91 Å². The van der Waals surface area contributed by atoms with Crippen LogP contribution in [-0.4, -0.2) is 33.9 Å². The zero-order chi connectivity index (χ0) is 24.9. The molecule has 0 saturated carbocycles. The molecule has 6 heteroatoms. The third-order valence-electron chi connectivity index (χ3n) is 6.96. The second-order valence-electron chi connectivity index (χ2n) is 9.41. The summed E-state index contributed by atoms with van der Waals surface area (Å²) >= 11 is 0. The Morgan fingerprint density at radius 3 is 2.47 bits per heavy atom. The number of likely N-dealkylation sites (tertiary alicyclic amines) is 1. The van der Waals surface area contributed by atoms with Gasteiger partial charge in [-0.15, -0.1) is 0 Å². The molecule has 4 aromatic rings. The van der Waals surface area contributed by atoms with Crippen LogP contribution in [0.15, 0.2) is 85.1 Å². The largest absolute Gasteiger partial charge is 0.398 e. The first-order chi connectivity index (χ1) is 17.6. The first kappa shape index (κ1) is 23.5. The molecule has 0 unspecified atom stereocenters. The number of carbonyl (C=O) groups is 1. The molecule has 5 rings (SSSR count). The number of nitrogens with two attached hydrogens (primary N) is 1. The lowest BCUT2D eigenvalue weighted by molar-refractivity contribution is 0.0690. The maximum atomic E-state index is 13.1. The topological polar surface area (TPSA) is 84.1 Å². The number of amides is 1. The molecule has 0 atom stereocenters. The molecule has 1 aromatic heterocycles. The second-order valence-corrected chi connectivity index (χ2v) is 9.41. The van der Waals surface area contributed by atoms with Crippen molar-refractivity contribution in [1.82, 2.24) is 14.9 Å². The van der Waals surface area contributed by atoms with Crippen LogP contribution in [0.5, 0.6) is 0 Å². The fourth-order valence-electron chi connectivity index (χ4n) is 4.80. The summed E-state index contributed by atoms with van der Waals surface area (Å²) in [4.78, 5) is 24.0. The van der Waals surface area contributed by atoms with E-state index < -0.39 is 0 Å². The van der Waals surface area contributed by atoms with Crippen molar-refractivity contribution in [1.29, 1.82) is 0 Å². The summed E-state index contributed by atoms with van der Waals surface area (Å²) in [5.41, 5.74) is 12.5. The average molecular weight is 478 g/mol. The number of anilines is 3. The van der Waals surface area contributed by atoms with Crippen molar-refractivity contribution in [2.75, 3.05) is 24.1 Å². The molecule has 1 saturated heterocycles. The van der Waals surface area contributed by atoms with Crippen molar-refractivity contribution in [3.8, 4) is 11.3 Å². The second kappa shape index (κ2) is 10.6. The Morgan fingerprint density at radius 1 is 0.972 bits per heavy atom. The van der Waals surface area contributed by atoms with Crippen LogP contribution in [0.25, 0.3) is 11.3 Å². The van der Waals surface area contributed by atoms with Crippen LogP contribution >= 0.6 is 0 Å². The number of hydrogen-bond acceptors (Lipinski definition) is 5. The van der Waals surface area contributed by atoms with Crippen molar-refractivity contribution >= 4 is 23.2 Å². The average Bonchev–Trinajstić information content (AvgIpc) is 2.91. The van der Waals surface area contributed by atoms with E-state index in [2.05, 4.69) is 45.6 Å². The summed E-state index contributed by atoms with van der Waals surface area (Å²) in [5, 5.41) is 3.24. The predicted molar refractivity (Wildman–Crippen MR) is 145 cm³/mol. The molecule has 1 aliphatic heterocycles. The van der Waals surface area contributed by atoms with Crippen molar-refractivity contribution < 1.29 is 4.79 Å². The molecule has 182 valence electrons. The van der Waals surface area contributed by atoms with Gasteiger partial charge in [0.05, 0.1) is 5.69 Å². The molecule has 1 amide bonds. The van der Waals surface area contributed by atoms with E-state index in [1.165, 1.54) is 5.56 Å². The van der Waals surface area contributed by atoms with Crippen LogP contribution in [-0.2, 0) is 6.42 Å². The standard InChI is InChI=1S/C30H31N5O/c1-21-26(8-5-9-27(21)31)28-14-17-32-30(34-28)33-25-12-10-24(11-13-25)29(36)35-18-15-23(16-19-35)20-22-6-3-2-4-7-22/h2-14,17,23H,15-16,18-20,31H2,1H3,(H,32,33,34). The van der Waals surface area contributed by atoms with Crippen molar-refractivity contribution in [2.24, 2.45) is 5.92 Å². The molecule has 3 N–H and O–H groups in total. The molecule has 36 heavy (non-hydrogen) atoms. The van der Waals surface area contributed by atoms with E-state index in [0.717, 1.165) is 60.5 Å². The molecule has 3 aromatic carbocycles. The van der Waals surface area contributed by atoms with Gasteiger partial charge in [0, 0.05) is 41.8 Å². The molecule has 6 nitrogen and oxygen atoms in total. The van der Waals surface area contributed by atoms with Crippen molar-refractivity contribution in [2.45, 2.75) is 26.2 Å². The van der Waals surface area contributed by atoms with E-state index in [9.17, 15) is 4.79 Å². The maximum Gasteiger partial charge on any atom is 0.253 e. The first-order valence-corrected chi connectivity index (χ1v) is 12.5. The van der Waals surface area contributed by atoms with Crippen LogP contribution in [0.3, 0.4) is 0 Å². The lowest BCUT2D eigenvalue weighted by Crippen LogP contribution is -2.38. The van der Waals surface area contributed by atoms with Crippen LogP contribution in [0, 0.1) is 12.8 Å². The van der Waals surface area contributed by atoms with Gasteiger partial charge < -0.3 is 16.0 Å². The van der Waals surface area contributed by atoms with Crippen molar-refractivity contribution in [3.63, 3.8) is 0 Å². The Labute approximate surface area is 212 Å². The van der Waals surface area contributed by atoms with Gasteiger partial charge >= 0.3 is 0 Å². The van der Waals surface area contributed by atoms with Gasteiger partial charge in [-0.1, -0.05) is 42.5 Å². The zero-order valence-electron chi connectivity index (χ0n) is 20.5. The highest BCUT2D eigenvalue weighted by atomic mass is 16.2. The maximum absolute atomic E-state index is 13.1. The van der Waals surface area contributed by atoms with E-state index in [1.54, 1.807) is 6.20 Å². The minimum absolute atomic E-state index is 0.0927. The summed E-state index contributed by atoms with van der Waals surface area (Å²) in [6.45, 7) is 3.60. The summed E-state index contributed by atoms with van der Waals surface area (Å²) in [6, 6.07) is 25.8. The van der Waals surface area contributed by atoms with Gasteiger partial charge in [0.2, 0.25) is 5.95 Å². The first-order valence-electron chi connectivity index (χ1n) is 12.5. The number of aromatic nitrogens is 2. The predicted octanol–water partition coefficient (Wildman–Crippen LogP) is 5.87. The smallest absolute Gasteiger partial charge is 0.253 e. The molecule has 0 radical (unpaired) electrons. The minimum Gasteiger partial charge on any atom is -0.398 e. The van der Waals surface area contributed by atoms with Gasteiger partial charge in [0.15, 0.2) is 0 Å². The molecule has 0 aliphatic carbocycles. The Hall–Kier alpha value is -4.19. The molecular weight excluding hydrogens is 446 g/mol. The fourth-order valence-corrected chi connectivity index (χ4v) is 4.80. The third kappa shape index (κ3) is 5.38. The van der Waals surface area contributed by atoms with E-state index in [4.69, 9.17) is 5.73 Å².